The minimum atomic E-state index is 0.0602. The third-order valence-corrected chi connectivity index (χ3v) is 2.40. The van der Waals surface area contributed by atoms with Crippen molar-refractivity contribution in [3.05, 3.63) is 0 Å². The van der Waals surface area contributed by atoms with Crippen molar-refractivity contribution in [2.24, 2.45) is 11.0 Å². The molecule has 1 heterocycles. The predicted molar refractivity (Wildman–Crippen MR) is 51.0 cm³/mol. The van der Waals surface area contributed by atoms with Crippen LogP contribution in [-0.2, 0) is 0 Å². The molecule has 0 bridgehead atoms. The normalized spacial score (nSPS) is 29.3. The number of nitrogens with zero attached hydrogens (tertiary/aromatic N) is 2. The van der Waals surface area contributed by atoms with Crippen molar-refractivity contribution in [1.82, 2.24) is 5.01 Å². The van der Waals surface area contributed by atoms with Crippen molar-refractivity contribution in [1.29, 1.82) is 0 Å². The quantitative estimate of drug-likeness (QED) is 0.409. The average Bonchev–Trinajstić information content (AvgIpc) is 2.22. The molecule has 1 rings (SSSR count). The van der Waals surface area contributed by atoms with E-state index >= 15 is 0 Å². The number of halogens is 1. The molecule has 0 spiro atoms. The predicted octanol–water partition coefficient (Wildman–Crippen LogP) is 2.53. The second-order valence-corrected chi connectivity index (χ2v) is 2.92. The SMILES string of the molecule is CC.CC1=NN(C)C(Cl)C1C. The van der Waals surface area contributed by atoms with Crippen LogP contribution in [0, 0.1) is 5.92 Å². The molecule has 0 aliphatic carbocycles. The van der Waals surface area contributed by atoms with Crippen molar-refractivity contribution in [2.45, 2.75) is 33.2 Å². The summed E-state index contributed by atoms with van der Waals surface area (Å²) >= 11 is 5.92. The molecule has 0 saturated carbocycles. The Labute approximate surface area is 74.2 Å². The minimum absolute atomic E-state index is 0.0602. The lowest BCUT2D eigenvalue weighted by Crippen LogP contribution is -2.22. The third-order valence-electron chi connectivity index (χ3n) is 1.74. The Morgan fingerprint density at radius 3 is 2.00 bits per heavy atom. The fourth-order valence-corrected chi connectivity index (χ4v) is 1.14. The second-order valence-electron chi connectivity index (χ2n) is 2.48. The van der Waals surface area contributed by atoms with Crippen LogP contribution in [0.4, 0.5) is 0 Å². The maximum atomic E-state index is 5.92. The van der Waals surface area contributed by atoms with Crippen LogP contribution in [0.25, 0.3) is 0 Å². The van der Waals surface area contributed by atoms with Gasteiger partial charge in [0.15, 0.2) is 0 Å². The largest absolute Gasteiger partial charge is 0.282 e. The summed E-state index contributed by atoms with van der Waals surface area (Å²) < 4.78 is 0. The third kappa shape index (κ3) is 2.37. The molecule has 3 heteroatoms. The van der Waals surface area contributed by atoms with E-state index in [1.54, 1.807) is 5.01 Å². The van der Waals surface area contributed by atoms with Gasteiger partial charge in [-0.15, -0.1) is 0 Å². The van der Waals surface area contributed by atoms with Crippen LogP contribution in [0.3, 0.4) is 0 Å². The lowest BCUT2D eigenvalue weighted by Gasteiger charge is -2.14. The number of hydrogen-bond acceptors (Lipinski definition) is 2. The molecule has 0 fully saturated rings. The Bertz CT molecular complexity index is 145. The molecule has 2 nitrogen and oxygen atoms in total. The lowest BCUT2D eigenvalue weighted by atomic mass is 10.1. The van der Waals surface area contributed by atoms with Gasteiger partial charge in [-0.25, -0.2) is 0 Å². The molecule has 1 aliphatic heterocycles. The van der Waals surface area contributed by atoms with E-state index in [0.29, 0.717) is 5.92 Å². The van der Waals surface area contributed by atoms with E-state index in [1.807, 2.05) is 27.8 Å². The smallest absolute Gasteiger partial charge is 0.128 e. The summed E-state index contributed by atoms with van der Waals surface area (Å²) in [6.45, 7) is 8.09. The van der Waals surface area contributed by atoms with Crippen LogP contribution in [0.5, 0.6) is 0 Å². The Balaban J connectivity index is 0.000000461. The molecule has 0 radical (unpaired) electrons. The van der Waals surface area contributed by atoms with Gasteiger partial charge in [-0.3, -0.25) is 5.01 Å². The number of hydrogen-bond donors (Lipinski definition) is 0. The molecule has 11 heavy (non-hydrogen) atoms. The molecule has 2 unspecified atom stereocenters. The summed E-state index contributed by atoms with van der Waals surface area (Å²) in [6, 6.07) is 0. The lowest BCUT2D eigenvalue weighted by molar-refractivity contribution is 0.330. The van der Waals surface area contributed by atoms with Crippen molar-refractivity contribution >= 4 is 17.3 Å². The highest BCUT2D eigenvalue weighted by Crippen LogP contribution is 2.22. The first-order valence-corrected chi connectivity index (χ1v) is 4.48. The summed E-state index contributed by atoms with van der Waals surface area (Å²) in [5, 5.41) is 5.96. The summed E-state index contributed by atoms with van der Waals surface area (Å²) in [4.78, 5) is 0. The van der Waals surface area contributed by atoms with Gasteiger partial charge in [0.25, 0.3) is 0 Å². The Morgan fingerprint density at radius 1 is 1.45 bits per heavy atom. The summed E-state index contributed by atoms with van der Waals surface area (Å²) in [5.74, 6) is 0.400. The monoisotopic (exact) mass is 176 g/mol. The number of rotatable bonds is 0. The molecule has 0 aromatic rings. The Hall–Kier alpha value is -0.240. The highest BCUT2D eigenvalue weighted by Gasteiger charge is 2.26. The Morgan fingerprint density at radius 2 is 1.91 bits per heavy atom. The highest BCUT2D eigenvalue weighted by atomic mass is 35.5. The molecule has 66 valence electrons. The van der Waals surface area contributed by atoms with Gasteiger partial charge in [-0.05, 0) is 6.92 Å². The van der Waals surface area contributed by atoms with Gasteiger partial charge < -0.3 is 0 Å². The second kappa shape index (κ2) is 4.60. The van der Waals surface area contributed by atoms with E-state index in [0.717, 1.165) is 5.71 Å². The van der Waals surface area contributed by atoms with Gasteiger partial charge >= 0.3 is 0 Å². The maximum absolute atomic E-state index is 5.92. The standard InChI is InChI=1S/C6H11ClN2.C2H6/c1-4-5(2)8-9(3)6(4)7;1-2/h4,6H,1-3H3;1-2H3. The van der Waals surface area contributed by atoms with E-state index < -0.39 is 0 Å². The molecule has 0 N–H and O–H groups in total. The van der Waals surface area contributed by atoms with E-state index in [-0.39, 0.29) is 5.50 Å². The van der Waals surface area contributed by atoms with Gasteiger partial charge in [0.2, 0.25) is 0 Å². The summed E-state index contributed by atoms with van der Waals surface area (Å²) in [5.41, 5.74) is 1.18. The van der Waals surface area contributed by atoms with Gasteiger partial charge in [-0.1, -0.05) is 32.4 Å². The molecule has 1 aliphatic rings. The Kier molecular flexibility index (Phi) is 4.50. The maximum Gasteiger partial charge on any atom is 0.128 e. The minimum Gasteiger partial charge on any atom is -0.282 e. The average molecular weight is 177 g/mol. The zero-order valence-corrected chi connectivity index (χ0v) is 8.68. The molecule has 0 aromatic carbocycles. The van der Waals surface area contributed by atoms with Gasteiger partial charge in [0.05, 0.1) is 0 Å². The molecular weight excluding hydrogens is 160 g/mol. The van der Waals surface area contributed by atoms with E-state index in [9.17, 15) is 0 Å². The molecule has 0 aromatic heterocycles. The van der Waals surface area contributed by atoms with Gasteiger partial charge in [-0.2, -0.15) is 5.10 Å². The van der Waals surface area contributed by atoms with Crippen LogP contribution in [0.15, 0.2) is 5.10 Å². The number of alkyl halides is 1. The van der Waals surface area contributed by atoms with Gasteiger partial charge in [0, 0.05) is 18.7 Å². The molecule has 0 saturated heterocycles. The van der Waals surface area contributed by atoms with Crippen LogP contribution in [-0.4, -0.2) is 23.3 Å². The van der Waals surface area contributed by atoms with E-state index in [1.165, 1.54) is 0 Å². The first-order valence-electron chi connectivity index (χ1n) is 4.05. The number of hydrazone groups is 1. The fraction of sp³-hybridized carbons (Fsp3) is 0.875. The van der Waals surface area contributed by atoms with Gasteiger partial charge in [0.1, 0.15) is 5.50 Å². The van der Waals surface area contributed by atoms with Crippen LogP contribution in [0.2, 0.25) is 0 Å². The van der Waals surface area contributed by atoms with Crippen LogP contribution < -0.4 is 0 Å². The zero-order valence-electron chi connectivity index (χ0n) is 7.93. The summed E-state index contributed by atoms with van der Waals surface area (Å²) in [7, 11) is 1.89. The van der Waals surface area contributed by atoms with Crippen LogP contribution >= 0.6 is 11.6 Å². The first-order chi connectivity index (χ1) is 5.13. The highest BCUT2D eigenvalue weighted by molar-refractivity contribution is 6.22. The van der Waals surface area contributed by atoms with Crippen molar-refractivity contribution in [3.8, 4) is 0 Å². The van der Waals surface area contributed by atoms with E-state index in [4.69, 9.17) is 11.6 Å². The van der Waals surface area contributed by atoms with Crippen molar-refractivity contribution in [3.63, 3.8) is 0 Å². The molecule has 2 atom stereocenters. The topological polar surface area (TPSA) is 15.6 Å². The fourth-order valence-electron chi connectivity index (χ4n) is 0.918. The van der Waals surface area contributed by atoms with Crippen LogP contribution in [0.1, 0.15) is 27.7 Å². The van der Waals surface area contributed by atoms with Crippen molar-refractivity contribution in [2.75, 3.05) is 7.05 Å². The molecular formula is C8H17ClN2. The first kappa shape index (κ1) is 10.8. The molecule has 0 amide bonds. The van der Waals surface area contributed by atoms with Crippen molar-refractivity contribution < 1.29 is 0 Å². The van der Waals surface area contributed by atoms with E-state index in [2.05, 4.69) is 12.0 Å². The summed E-state index contributed by atoms with van der Waals surface area (Å²) in [6.07, 6.45) is 0. The zero-order chi connectivity index (χ0) is 9.02.